The predicted molar refractivity (Wildman–Crippen MR) is 82.5 cm³/mol. The van der Waals surface area contributed by atoms with Crippen molar-refractivity contribution in [1.82, 2.24) is 10.0 Å². The number of aryl methyl sites for hydroxylation is 1. The monoisotopic (exact) mass is 314 g/mol. The van der Waals surface area contributed by atoms with Crippen LogP contribution in [0.3, 0.4) is 0 Å². The van der Waals surface area contributed by atoms with Crippen LogP contribution in [-0.2, 0) is 16.6 Å². The van der Waals surface area contributed by atoms with Gasteiger partial charge in [-0.25, -0.2) is 13.1 Å². The highest BCUT2D eigenvalue weighted by Gasteiger charge is 2.40. The second-order valence-corrected chi connectivity index (χ2v) is 7.86. The van der Waals surface area contributed by atoms with Crippen LogP contribution in [0.2, 0.25) is 0 Å². The lowest BCUT2D eigenvalue weighted by atomic mass is 10.2. The normalized spacial score (nSPS) is 22.0. The van der Waals surface area contributed by atoms with Gasteiger partial charge in [-0.1, -0.05) is 27.2 Å². The van der Waals surface area contributed by atoms with E-state index in [0.717, 1.165) is 19.3 Å². The molecule has 6 heteroatoms. The Balaban J connectivity index is 2.03. The number of rotatable bonds is 8. The van der Waals surface area contributed by atoms with E-state index < -0.39 is 10.0 Å². The van der Waals surface area contributed by atoms with Gasteiger partial charge in [0.15, 0.2) is 0 Å². The van der Waals surface area contributed by atoms with Crippen LogP contribution in [0.15, 0.2) is 15.4 Å². The summed E-state index contributed by atoms with van der Waals surface area (Å²) < 4.78 is 33.2. The molecule has 1 aromatic rings. The second kappa shape index (κ2) is 6.50. The summed E-state index contributed by atoms with van der Waals surface area (Å²) in [5.41, 5.74) is 0. The summed E-state index contributed by atoms with van der Waals surface area (Å²) >= 11 is 0. The molecule has 1 aliphatic carbocycles. The highest BCUT2D eigenvalue weighted by atomic mass is 32.2. The summed E-state index contributed by atoms with van der Waals surface area (Å²) in [6, 6.07) is 2.06. The molecule has 1 fully saturated rings. The maximum absolute atomic E-state index is 12.4. The Morgan fingerprint density at radius 2 is 2.14 bits per heavy atom. The highest BCUT2D eigenvalue weighted by Crippen LogP contribution is 2.36. The first-order valence-electron chi connectivity index (χ1n) is 7.68. The SMILES string of the molecule is CCCC1CC1NS(=O)(=O)c1cc(CNC(C)C)oc1C. The topological polar surface area (TPSA) is 71.3 Å². The maximum Gasteiger partial charge on any atom is 0.244 e. The molecule has 2 rings (SSSR count). The molecule has 120 valence electrons. The summed E-state index contributed by atoms with van der Waals surface area (Å²) in [6.07, 6.45) is 3.13. The van der Waals surface area contributed by atoms with Gasteiger partial charge in [0.1, 0.15) is 16.4 Å². The van der Waals surface area contributed by atoms with Crippen molar-refractivity contribution in [1.29, 1.82) is 0 Å². The van der Waals surface area contributed by atoms with E-state index in [4.69, 9.17) is 4.42 Å². The van der Waals surface area contributed by atoms with E-state index in [9.17, 15) is 8.42 Å². The summed E-state index contributed by atoms with van der Waals surface area (Å²) in [6.45, 7) is 8.43. The van der Waals surface area contributed by atoms with E-state index >= 15 is 0 Å². The number of hydrogen-bond acceptors (Lipinski definition) is 4. The molecule has 0 amide bonds. The molecule has 2 N–H and O–H groups in total. The minimum absolute atomic E-state index is 0.0986. The van der Waals surface area contributed by atoms with E-state index in [1.54, 1.807) is 13.0 Å². The Morgan fingerprint density at radius 3 is 2.76 bits per heavy atom. The Labute approximate surface area is 127 Å². The third-order valence-corrected chi connectivity index (χ3v) is 5.38. The molecule has 2 unspecified atom stereocenters. The zero-order chi connectivity index (χ0) is 15.6. The molecule has 0 aromatic carbocycles. The van der Waals surface area contributed by atoms with Crippen molar-refractivity contribution in [2.24, 2.45) is 5.92 Å². The number of hydrogen-bond donors (Lipinski definition) is 2. The van der Waals surface area contributed by atoms with Crippen molar-refractivity contribution in [2.75, 3.05) is 0 Å². The van der Waals surface area contributed by atoms with Gasteiger partial charge in [-0.3, -0.25) is 0 Å². The largest absolute Gasteiger partial charge is 0.464 e. The van der Waals surface area contributed by atoms with Gasteiger partial charge in [0, 0.05) is 18.2 Å². The first-order valence-corrected chi connectivity index (χ1v) is 9.16. The van der Waals surface area contributed by atoms with Crippen LogP contribution < -0.4 is 10.0 Å². The van der Waals surface area contributed by atoms with Crippen molar-refractivity contribution in [3.63, 3.8) is 0 Å². The lowest BCUT2D eigenvalue weighted by Gasteiger charge is -2.05. The summed E-state index contributed by atoms with van der Waals surface area (Å²) in [5.74, 6) is 1.61. The molecule has 1 heterocycles. The van der Waals surface area contributed by atoms with Gasteiger partial charge >= 0.3 is 0 Å². The van der Waals surface area contributed by atoms with Gasteiger partial charge in [0.25, 0.3) is 0 Å². The van der Waals surface area contributed by atoms with E-state index in [0.29, 0.717) is 30.0 Å². The highest BCUT2D eigenvalue weighted by molar-refractivity contribution is 7.89. The van der Waals surface area contributed by atoms with Gasteiger partial charge in [-0.15, -0.1) is 0 Å². The Bertz CT molecular complexity index is 578. The van der Waals surface area contributed by atoms with Crippen molar-refractivity contribution in [3.8, 4) is 0 Å². The van der Waals surface area contributed by atoms with Crippen molar-refractivity contribution >= 4 is 10.0 Å². The quantitative estimate of drug-likeness (QED) is 0.773. The first kappa shape index (κ1) is 16.5. The van der Waals surface area contributed by atoms with Gasteiger partial charge < -0.3 is 9.73 Å². The lowest BCUT2D eigenvalue weighted by molar-refractivity contribution is 0.444. The average molecular weight is 314 g/mol. The number of nitrogens with one attached hydrogen (secondary N) is 2. The van der Waals surface area contributed by atoms with Crippen molar-refractivity contribution in [3.05, 3.63) is 17.6 Å². The molecular weight excluding hydrogens is 288 g/mol. The molecule has 0 bridgehead atoms. The van der Waals surface area contributed by atoms with E-state index in [2.05, 4.69) is 17.0 Å². The standard InChI is InChI=1S/C15H26N2O3S/c1-5-6-12-7-14(12)17-21(18,19)15-8-13(20-11(15)4)9-16-10(2)3/h8,10,12,14,16-17H,5-7,9H2,1-4H3. The van der Waals surface area contributed by atoms with Gasteiger partial charge in [-0.2, -0.15) is 0 Å². The molecule has 1 aromatic heterocycles. The minimum atomic E-state index is -3.47. The molecule has 0 spiro atoms. The smallest absolute Gasteiger partial charge is 0.244 e. The molecule has 2 atom stereocenters. The van der Waals surface area contributed by atoms with E-state index in [-0.39, 0.29) is 10.9 Å². The van der Waals surface area contributed by atoms with Gasteiger partial charge in [-0.05, 0) is 25.7 Å². The van der Waals surface area contributed by atoms with Crippen LogP contribution in [-0.4, -0.2) is 20.5 Å². The third kappa shape index (κ3) is 4.31. The molecule has 0 radical (unpaired) electrons. The zero-order valence-electron chi connectivity index (χ0n) is 13.3. The van der Waals surface area contributed by atoms with Crippen LogP contribution in [0.1, 0.15) is 51.6 Å². The van der Waals surface area contributed by atoms with Crippen LogP contribution in [0.4, 0.5) is 0 Å². The number of furan rings is 1. The molecule has 21 heavy (non-hydrogen) atoms. The molecule has 5 nitrogen and oxygen atoms in total. The van der Waals surface area contributed by atoms with Gasteiger partial charge in [0.05, 0.1) is 6.54 Å². The van der Waals surface area contributed by atoms with Crippen LogP contribution in [0.25, 0.3) is 0 Å². The fourth-order valence-electron chi connectivity index (χ4n) is 2.53. The first-order chi connectivity index (χ1) is 9.83. The van der Waals surface area contributed by atoms with Crippen LogP contribution in [0, 0.1) is 12.8 Å². The lowest BCUT2D eigenvalue weighted by Crippen LogP contribution is -2.27. The number of sulfonamides is 1. The zero-order valence-corrected chi connectivity index (χ0v) is 14.1. The Morgan fingerprint density at radius 1 is 1.43 bits per heavy atom. The molecule has 0 aliphatic heterocycles. The van der Waals surface area contributed by atoms with E-state index in [1.807, 2.05) is 13.8 Å². The maximum atomic E-state index is 12.4. The summed E-state index contributed by atoms with van der Waals surface area (Å²) in [4.78, 5) is 0.269. The summed E-state index contributed by atoms with van der Waals surface area (Å²) in [5, 5.41) is 3.22. The fraction of sp³-hybridized carbons (Fsp3) is 0.733. The molecule has 1 saturated carbocycles. The average Bonchev–Trinajstić information content (AvgIpc) is 2.96. The van der Waals surface area contributed by atoms with E-state index in [1.165, 1.54) is 0 Å². The third-order valence-electron chi connectivity index (χ3n) is 3.79. The van der Waals surface area contributed by atoms with Gasteiger partial charge in [0.2, 0.25) is 10.0 Å². The molecule has 0 saturated heterocycles. The van der Waals surface area contributed by atoms with Crippen LogP contribution >= 0.6 is 0 Å². The van der Waals surface area contributed by atoms with Crippen molar-refractivity contribution in [2.45, 2.75) is 70.5 Å². The summed E-state index contributed by atoms with van der Waals surface area (Å²) in [7, 11) is -3.47. The Hall–Kier alpha value is -0.850. The fourth-order valence-corrected chi connectivity index (χ4v) is 4.05. The van der Waals surface area contributed by atoms with Crippen molar-refractivity contribution < 1.29 is 12.8 Å². The molecule has 1 aliphatic rings. The minimum Gasteiger partial charge on any atom is -0.464 e. The predicted octanol–water partition coefficient (Wildman–Crippen LogP) is 2.55. The Kier molecular flexibility index (Phi) is 5.11. The van der Waals surface area contributed by atoms with Crippen LogP contribution in [0.5, 0.6) is 0 Å². The molecular formula is C15H26N2O3S. The second-order valence-electron chi connectivity index (χ2n) is 6.18.